The number of methoxy groups -OCH3 is 2. The quantitative estimate of drug-likeness (QED) is 0.801. The van der Waals surface area contributed by atoms with Gasteiger partial charge >= 0.3 is 0 Å². The molecule has 0 aromatic heterocycles. The third-order valence-corrected chi connectivity index (χ3v) is 2.59. The molecule has 1 rings (SSSR count). The van der Waals surface area contributed by atoms with Crippen LogP contribution >= 0.6 is 22.6 Å². The van der Waals surface area contributed by atoms with E-state index in [-0.39, 0.29) is 0 Å². The molecule has 3 nitrogen and oxygen atoms in total. The average molecular weight is 308 g/mol. The van der Waals surface area contributed by atoms with Gasteiger partial charge in [0.05, 0.1) is 24.4 Å². The number of rotatable bonds is 4. The van der Waals surface area contributed by atoms with Crippen molar-refractivity contribution in [3.8, 4) is 17.2 Å². The predicted molar refractivity (Wildman–Crippen MR) is 63.4 cm³/mol. The summed E-state index contributed by atoms with van der Waals surface area (Å²) in [6, 6.07) is 3.80. The summed E-state index contributed by atoms with van der Waals surface area (Å²) >= 11 is 2.21. The van der Waals surface area contributed by atoms with Crippen LogP contribution in [0.5, 0.6) is 17.2 Å². The molecule has 1 aromatic rings. The lowest BCUT2D eigenvalue weighted by atomic mass is 10.3. The highest BCUT2D eigenvalue weighted by molar-refractivity contribution is 14.1. The summed E-state index contributed by atoms with van der Waals surface area (Å²) in [5.41, 5.74) is 0. The lowest BCUT2D eigenvalue weighted by Crippen LogP contribution is -1.99. The summed E-state index contributed by atoms with van der Waals surface area (Å²) in [6.07, 6.45) is 0. The van der Waals surface area contributed by atoms with Crippen molar-refractivity contribution >= 4 is 22.6 Å². The number of benzene rings is 1. The van der Waals surface area contributed by atoms with Crippen molar-refractivity contribution in [2.75, 3.05) is 20.8 Å². The van der Waals surface area contributed by atoms with Crippen LogP contribution < -0.4 is 14.2 Å². The minimum atomic E-state index is 0.611. The molecule has 0 N–H and O–H groups in total. The average Bonchev–Trinajstić information content (AvgIpc) is 2.21. The molecule has 1 aromatic carbocycles. The monoisotopic (exact) mass is 308 g/mol. The summed E-state index contributed by atoms with van der Waals surface area (Å²) in [6.45, 7) is 2.55. The zero-order valence-corrected chi connectivity index (χ0v) is 10.6. The molecule has 0 atom stereocenters. The largest absolute Gasteiger partial charge is 0.493 e. The molecule has 0 bridgehead atoms. The van der Waals surface area contributed by atoms with Crippen molar-refractivity contribution < 1.29 is 14.2 Å². The van der Waals surface area contributed by atoms with Crippen LogP contribution in [0.1, 0.15) is 6.92 Å². The van der Waals surface area contributed by atoms with Crippen molar-refractivity contribution in [3.05, 3.63) is 15.7 Å². The van der Waals surface area contributed by atoms with Gasteiger partial charge in [0.25, 0.3) is 0 Å². The van der Waals surface area contributed by atoms with E-state index < -0.39 is 0 Å². The highest BCUT2D eigenvalue weighted by atomic mass is 127. The van der Waals surface area contributed by atoms with Crippen LogP contribution in [0.4, 0.5) is 0 Å². The van der Waals surface area contributed by atoms with Crippen molar-refractivity contribution in [3.63, 3.8) is 0 Å². The smallest absolute Gasteiger partial charge is 0.204 e. The first-order valence-corrected chi connectivity index (χ1v) is 5.35. The first-order chi connectivity index (χ1) is 6.74. The van der Waals surface area contributed by atoms with E-state index in [9.17, 15) is 0 Å². The molecule has 0 amide bonds. The van der Waals surface area contributed by atoms with Gasteiger partial charge in [-0.2, -0.15) is 0 Å². The summed E-state index contributed by atoms with van der Waals surface area (Å²) in [5, 5.41) is 0. The van der Waals surface area contributed by atoms with Gasteiger partial charge in [-0.25, -0.2) is 0 Å². The van der Waals surface area contributed by atoms with Gasteiger partial charge < -0.3 is 14.2 Å². The lowest BCUT2D eigenvalue weighted by molar-refractivity contribution is 0.294. The van der Waals surface area contributed by atoms with E-state index >= 15 is 0 Å². The van der Waals surface area contributed by atoms with Crippen LogP contribution in [0.25, 0.3) is 0 Å². The van der Waals surface area contributed by atoms with Gasteiger partial charge in [0.15, 0.2) is 11.5 Å². The summed E-state index contributed by atoms with van der Waals surface area (Å²) in [4.78, 5) is 0. The number of hydrogen-bond donors (Lipinski definition) is 0. The van der Waals surface area contributed by atoms with E-state index in [4.69, 9.17) is 14.2 Å². The topological polar surface area (TPSA) is 27.7 Å². The normalized spacial score (nSPS) is 9.71. The summed E-state index contributed by atoms with van der Waals surface area (Å²) in [5.74, 6) is 2.09. The maximum atomic E-state index is 5.49. The van der Waals surface area contributed by atoms with Crippen molar-refractivity contribution in [1.82, 2.24) is 0 Å². The van der Waals surface area contributed by atoms with Crippen molar-refractivity contribution in [1.29, 1.82) is 0 Å². The van der Waals surface area contributed by atoms with E-state index in [0.29, 0.717) is 18.1 Å². The van der Waals surface area contributed by atoms with Gasteiger partial charge in [0, 0.05) is 0 Å². The molecule has 0 unspecified atom stereocenters. The summed E-state index contributed by atoms with van der Waals surface area (Å²) < 4.78 is 16.9. The Labute approximate surface area is 97.5 Å². The molecule has 0 aliphatic rings. The van der Waals surface area contributed by atoms with Gasteiger partial charge in [-0.1, -0.05) is 0 Å². The van der Waals surface area contributed by atoms with Gasteiger partial charge in [-0.05, 0) is 41.6 Å². The van der Waals surface area contributed by atoms with Crippen LogP contribution in [0.3, 0.4) is 0 Å². The highest BCUT2D eigenvalue weighted by Crippen LogP contribution is 2.40. The molecule has 0 aliphatic heterocycles. The van der Waals surface area contributed by atoms with Gasteiger partial charge in [0.1, 0.15) is 0 Å². The fourth-order valence-electron chi connectivity index (χ4n) is 1.15. The molecule has 14 heavy (non-hydrogen) atoms. The molecule has 0 saturated heterocycles. The Morgan fingerprint density at radius 2 is 1.86 bits per heavy atom. The Bertz CT molecular complexity index is 312. The maximum Gasteiger partial charge on any atom is 0.204 e. The number of halogens is 1. The van der Waals surface area contributed by atoms with E-state index in [1.807, 2.05) is 19.1 Å². The second-order valence-corrected chi connectivity index (χ2v) is 3.71. The van der Waals surface area contributed by atoms with Crippen molar-refractivity contribution in [2.45, 2.75) is 6.92 Å². The molecule has 0 fully saturated rings. The molecule has 0 saturated carbocycles. The van der Waals surface area contributed by atoms with E-state index in [1.165, 1.54) is 0 Å². The molecule has 0 heterocycles. The summed E-state index contributed by atoms with van der Waals surface area (Å²) in [7, 11) is 3.22. The highest BCUT2D eigenvalue weighted by Gasteiger charge is 2.14. The third kappa shape index (κ3) is 2.23. The van der Waals surface area contributed by atoms with Gasteiger partial charge in [-0.3, -0.25) is 0 Å². The van der Waals surface area contributed by atoms with Crippen LogP contribution in [-0.4, -0.2) is 20.8 Å². The first kappa shape index (κ1) is 11.4. The van der Waals surface area contributed by atoms with Crippen LogP contribution in [-0.2, 0) is 0 Å². The zero-order valence-electron chi connectivity index (χ0n) is 8.46. The Balaban J connectivity index is 3.20. The molecule has 0 radical (unpaired) electrons. The molecule has 0 aliphatic carbocycles. The Kier molecular flexibility index (Phi) is 4.31. The Morgan fingerprint density at radius 1 is 1.14 bits per heavy atom. The Hall–Kier alpha value is -0.650. The van der Waals surface area contributed by atoms with Crippen LogP contribution in [0.15, 0.2) is 12.1 Å². The number of ether oxygens (including phenoxy) is 3. The second-order valence-electron chi connectivity index (χ2n) is 2.55. The Morgan fingerprint density at radius 3 is 2.36 bits per heavy atom. The SMILES string of the molecule is CCOc1c(I)ccc(OC)c1OC. The molecule has 78 valence electrons. The van der Waals surface area contributed by atoms with Gasteiger partial charge in [-0.15, -0.1) is 0 Å². The number of hydrogen-bond acceptors (Lipinski definition) is 3. The third-order valence-electron chi connectivity index (χ3n) is 1.74. The minimum Gasteiger partial charge on any atom is -0.493 e. The first-order valence-electron chi connectivity index (χ1n) is 4.27. The maximum absolute atomic E-state index is 5.49. The van der Waals surface area contributed by atoms with Crippen molar-refractivity contribution in [2.24, 2.45) is 0 Å². The molecule has 4 heteroatoms. The predicted octanol–water partition coefficient (Wildman–Crippen LogP) is 2.71. The van der Waals surface area contributed by atoms with Crippen LogP contribution in [0.2, 0.25) is 0 Å². The minimum absolute atomic E-state index is 0.611. The lowest BCUT2D eigenvalue weighted by Gasteiger charge is -2.14. The second kappa shape index (κ2) is 5.29. The van der Waals surface area contributed by atoms with Gasteiger partial charge in [0.2, 0.25) is 5.75 Å². The fraction of sp³-hybridized carbons (Fsp3) is 0.400. The molecular formula is C10H13IO3. The molecular weight excluding hydrogens is 295 g/mol. The standard InChI is InChI=1S/C10H13IO3/c1-4-14-9-7(11)5-6-8(12-2)10(9)13-3/h5-6H,4H2,1-3H3. The zero-order chi connectivity index (χ0) is 10.6. The van der Waals surface area contributed by atoms with E-state index in [0.717, 1.165) is 9.32 Å². The molecule has 0 spiro atoms. The van der Waals surface area contributed by atoms with Crippen LogP contribution in [0, 0.1) is 3.57 Å². The van der Waals surface area contributed by atoms with E-state index in [2.05, 4.69) is 22.6 Å². The van der Waals surface area contributed by atoms with E-state index in [1.54, 1.807) is 14.2 Å². The fourth-order valence-corrected chi connectivity index (χ4v) is 1.73.